The summed E-state index contributed by atoms with van der Waals surface area (Å²) >= 11 is 6.17. The van der Waals surface area contributed by atoms with Crippen LogP contribution in [0.2, 0.25) is 5.02 Å². The fourth-order valence-corrected chi connectivity index (χ4v) is 3.12. The van der Waals surface area contributed by atoms with Gasteiger partial charge >= 0.3 is 0 Å². The molecule has 5 rings (SSSR count). The molecule has 0 N–H and O–H groups in total. The van der Waals surface area contributed by atoms with Crippen molar-refractivity contribution in [3.05, 3.63) is 66.0 Å². The van der Waals surface area contributed by atoms with Gasteiger partial charge in [0, 0.05) is 35.6 Å². The van der Waals surface area contributed by atoms with Crippen LogP contribution in [0.1, 0.15) is 5.69 Å². The fourth-order valence-electron chi connectivity index (χ4n) is 2.99. The topological polar surface area (TPSA) is 81.8 Å². The Balaban J connectivity index is 1.72. The summed E-state index contributed by atoms with van der Waals surface area (Å²) in [4.78, 5) is 21.9. The van der Waals surface area contributed by atoms with Crippen molar-refractivity contribution in [3.8, 4) is 22.6 Å². The van der Waals surface area contributed by atoms with Crippen LogP contribution in [0, 0.1) is 6.92 Å². The molecule has 0 atom stereocenters. The highest BCUT2D eigenvalue weighted by Gasteiger charge is 2.14. The zero-order valence-electron chi connectivity index (χ0n) is 14.2. The van der Waals surface area contributed by atoms with E-state index in [1.165, 1.54) is 0 Å². The van der Waals surface area contributed by atoms with Gasteiger partial charge in [-0.2, -0.15) is 5.10 Å². The van der Waals surface area contributed by atoms with E-state index in [4.69, 9.17) is 11.6 Å². The van der Waals surface area contributed by atoms with Crippen LogP contribution >= 0.6 is 11.6 Å². The Bertz CT molecular complexity index is 1300. The van der Waals surface area contributed by atoms with Gasteiger partial charge in [-0.05, 0) is 25.1 Å². The van der Waals surface area contributed by atoms with E-state index in [-0.39, 0.29) is 0 Å². The second-order valence-corrected chi connectivity index (χ2v) is 6.42. The lowest BCUT2D eigenvalue weighted by molar-refractivity contribution is 0.908. The standard InChI is InChI=1S/C19H12ClN7/c1-11-14(20)8-18-24-10-17(27(18)26-11)12-4-5-23-19-13(12)2-3-15(25-19)16-9-21-6-7-22-16/h2-10H,1H3. The van der Waals surface area contributed by atoms with Gasteiger partial charge in [-0.15, -0.1) is 0 Å². The van der Waals surface area contributed by atoms with Crippen molar-refractivity contribution in [2.75, 3.05) is 0 Å². The largest absolute Gasteiger partial charge is 0.261 e. The molecule has 0 aliphatic carbocycles. The van der Waals surface area contributed by atoms with E-state index in [0.29, 0.717) is 22.0 Å². The molecule has 130 valence electrons. The summed E-state index contributed by atoms with van der Waals surface area (Å²) in [6.45, 7) is 1.87. The predicted octanol–water partition coefficient (Wildman–Crippen LogP) is 3.76. The highest BCUT2D eigenvalue weighted by molar-refractivity contribution is 6.31. The number of hydrogen-bond donors (Lipinski definition) is 0. The van der Waals surface area contributed by atoms with Crippen molar-refractivity contribution < 1.29 is 0 Å². The van der Waals surface area contributed by atoms with Crippen molar-refractivity contribution in [2.24, 2.45) is 0 Å². The Kier molecular flexibility index (Phi) is 3.54. The molecule has 5 heterocycles. The predicted molar refractivity (Wildman–Crippen MR) is 102 cm³/mol. The van der Waals surface area contributed by atoms with Crippen molar-refractivity contribution >= 4 is 28.3 Å². The molecule has 0 aromatic carbocycles. The fraction of sp³-hybridized carbons (Fsp3) is 0.0526. The molecular formula is C19H12ClN7. The van der Waals surface area contributed by atoms with Crippen LogP contribution in [0.5, 0.6) is 0 Å². The van der Waals surface area contributed by atoms with Crippen LogP contribution in [0.3, 0.4) is 0 Å². The third kappa shape index (κ3) is 2.60. The molecule has 8 heteroatoms. The maximum Gasteiger partial charge on any atom is 0.160 e. The van der Waals surface area contributed by atoms with Gasteiger partial charge in [0.05, 0.1) is 34.5 Å². The lowest BCUT2D eigenvalue weighted by Gasteiger charge is -2.07. The van der Waals surface area contributed by atoms with Crippen LogP contribution in [-0.4, -0.2) is 34.5 Å². The first-order valence-electron chi connectivity index (χ1n) is 8.24. The first kappa shape index (κ1) is 15.8. The average Bonchev–Trinajstić information content (AvgIpc) is 3.10. The maximum atomic E-state index is 6.17. The molecule has 5 aromatic rings. The van der Waals surface area contributed by atoms with Gasteiger partial charge in [0.2, 0.25) is 0 Å². The minimum atomic E-state index is 0.592. The Morgan fingerprint density at radius 3 is 2.70 bits per heavy atom. The van der Waals surface area contributed by atoms with Crippen LogP contribution in [0.4, 0.5) is 0 Å². The van der Waals surface area contributed by atoms with E-state index in [2.05, 4.69) is 30.0 Å². The number of aryl methyl sites for hydroxylation is 1. The van der Waals surface area contributed by atoms with E-state index in [1.54, 1.807) is 41.6 Å². The lowest BCUT2D eigenvalue weighted by Crippen LogP contribution is -1.98. The quantitative estimate of drug-likeness (QED) is 0.468. The zero-order valence-corrected chi connectivity index (χ0v) is 15.0. The number of fused-ring (bicyclic) bond motifs is 2. The highest BCUT2D eigenvalue weighted by Crippen LogP contribution is 2.29. The van der Waals surface area contributed by atoms with E-state index >= 15 is 0 Å². The van der Waals surface area contributed by atoms with Crippen molar-refractivity contribution in [3.63, 3.8) is 0 Å². The van der Waals surface area contributed by atoms with Crippen molar-refractivity contribution in [1.82, 2.24) is 34.5 Å². The summed E-state index contributed by atoms with van der Waals surface area (Å²) in [5.74, 6) is 0. The van der Waals surface area contributed by atoms with E-state index < -0.39 is 0 Å². The highest BCUT2D eigenvalue weighted by atomic mass is 35.5. The summed E-state index contributed by atoms with van der Waals surface area (Å²) in [5.41, 5.74) is 5.27. The minimum Gasteiger partial charge on any atom is -0.261 e. The second kappa shape index (κ2) is 6.07. The molecule has 0 aliphatic heterocycles. The van der Waals surface area contributed by atoms with Crippen LogP contribution in [-0.2, 0) is 0 Å². The molecule has 0 radical (unpaired) electrons. The van der Waals surface area contributed by atoms with E-state index in [9.17, 15) is 0 Å². The number of hydrogen-bond acceptors (Lipinski definition) is 6. The number of rotatable bonds is 2. The van der Waals surface area contributed by atoms with Gasteiger partial charge in [-0.1, -0.05) is 11.6 Å². The molecule has 0 fully saturated rings. The number of halogens is 1. The van der Waals surface area contributed by atoms with E-state index in [1.807, 2.05) is 25.1 Å². The number of aromatic nitrogens is 7. The second-order valence-electron chi connectivity index (χ2n) is 6.01. The molecule has 0 amide bonds. The Labute approximate surface area is 158 Å². The minimum absolute atomic E-state index is 0.592. The summed E-state index contributed by atoms with van der Waals surface area (Å²) in [6, 6.07) is 7.63. The molecule has 7 nitrogen and oxygen atoms in total. The Hall–Kier alpha value is -3.45. The maximum absolute atomic E-state index is 6.17. The van der Waals surface area contributed by atoms with Gasteiger partial charge in [0.15, 0.2) is 11.3 Å². The summed E-state index contributed by atoms with van der Waals surface area (Å²) in [6.07, 6.45) is 8.46. The Morgan fingerprint density at radius 2 is 1.85 bits per heavy atom. The first-order chi connectivity index (χ1) is 13.2. The normalized spacial score (nSPS) is 11.3. The van der Waals surface area contributed by atoms with Gasteiger partial charge in [-0.25, -0.2) is 19.5 Å². The monoisotopic (exact) mass is 373 g/mol. The molecule has 5 aromatic heterocycles. The molecule has 27 heavy (non-hydrogen) atoms. The van der Waals surface area contributed by atoms with E-state index in [0.717, 1.165) is 28.0 Å². The molecular weight excluding hydrogens is 362 g/mol. The molecule has 0 bridgehead atoms. The number of nitrogens with zero attached hydrogens (tertiary/aromatic N) is 7. The smallest absolute Gasteiger partial charge is 0.160 e. The van der Waals surface area contributed by atoms with Gasteiger partial charge in [0.25, 0.3) is 0 Å². The Morgan fingerprint density at radius 1 is 0.926 bits per heavy atom. The van der Waals surface area contributed by atoms with Crippen molar-refractivity contribution in [1.29, 1.82) is 0 Å². The van der Waals surface area contributed by atoms with Gasteiger partial charge in [-0.3, -0.25) is 9.97 Å². The first-order valence-corrected chi connectivity index (χ1v) is 8.62. The third-order valence-electron chi connectivity index (χ3n) is 4.32. The van der Waals surface area contributed by atoms with Crippen LogP contribution in [0.15, 0.2) is 55.2 Å². The van der Waals surface area contributed by atoms with Crippen LogP contribution < -0.4 is 0 Å². The number of pyridine rings is 2. The SMILES string of the molecule is Cc1nn2c(-c3ccnc4nc(-c5cnccn5)ccc34)cnc2cc1Cl. The molecule has 0 saturated carbocycles. The molecule has 0 saturated heterocycles. The molecule has 0 unspecified atom stereocenters. The third-order valence-corrected chi connectivity index (χ3v) is 4.70. The summed E-state index contributed by atoms with van der Waals surface area (Å²) in [5, 5.41) is 6.04. The molecule has 0 aliphatic rings. The number of imidazole rings is 1. The van der Waals surface area contributed by atoms with Crippen LogP contribution in [0.25, 0.3) is 39.3 Å². The lowest BCUT2D eigenvalue weighted by atomic mass is 10.1. The summed E-state index contributed by atoms with van der Waals surface area (Å²) in [7, 11) is 0. The zero-order chi connectivity index (χ0) is 18.4. The van der Waals surface area contributed by atoms with Gasteiger partial charge in [0.1, 0.15) is 5.69 Å². The van der Waals surface area contributed by atoms with Gasteiger partial charge < -0.3 is 0 Å². The van der Waals surface area contributed by atoms with Crippen molar-refractivity contribution in [2.45, 2.75) is 6.92 Å². The molecule has 0 spiro atoms. The summed E-state index contributed by atoms with van der Waals surface area (Å²) < 4.78 is 1.78. The average molecular weight is 374 g/mol.